The van der Waals surface area contributed by atoms with Gasteiger partial charge in [-0.1, -0.05) is 50.5 Å². The number of benzene rings is 2. The number of hydrogen-bond acceptors (Lipinski definition) is 1. The molecule has 2 rings (SSSR count). The standard InChI is InChI=1S/C17H23N/c1-3-4-5-6-8-14-11-12-15-9-7-10-17(18-2)16(15)13-14/h7,9-13,18H,3-6,8H2,1-2H3. The Morgan fingerprint density at radius 1 is 1.00 bits per heavy atom. The molecule has 0 saturated heterocycles. The second-order valence-corrected chi connectivity index (χ2v) is 4.92. The molecule has 0 aliphatic heterocycles. The van der Waals surface area contributed by atoms with Crippen LogP contribution in [0.3, 0.4) is 0 Å². The van der Waals surface area contributed by atoms with Gasteiger partial charge in [-0.2, -0.15) is 0 Å². The number of unbranched alkanes of at least 4 members (excludes halogenated alkanes) is 3. The third kappa shape index (κ3) is 3.04. The molecule has 1 nitrogen and oxygen atoms in total. The van der Waals surface area contributed by atoms with Crippen molar-refractivity contribution in [2.75, 3.05) is 12.4 Å². The number of anilines is 1. The Hall–Kier alpha value is -1.50. The van der Waals surface area contributed by atoms with E-state index >= 15 is 0 Å². The highest BCUT2D eigenvalue weighted by Crippen LogP contribution is 2.24. The van der Waals surface area contributed by atoms with E-state index in [2.05, 4.69) is 48.6 Å². The average molecular weight is 241 g/mol. The molecular weight excluding hydrogens is 218 g/mol. The van der Waals surface area contributed by atoms with E-state index in [4.69, 9.17) is 0 Å². The molecule has 0 atom stereocenters. The Morgan fingerprint density at radius 3 is 2.67 bits per heavy atom. The minimum Gasteiger partial charge on any atom is -0.388 e. The first-order valence-corrected chi connectivity index (χ1v) is 7.04. The van der Waals surface area contributed by atoms with Crippen molar-refractivity contribution in [3.8, 4) is 0 Å². The van der Waals surface area contributed by atoms with E-state index in [0.717, 1.165) is 0 Å². The number of aryl methyl sites for hydroxylation is 1. The normalized spacial score (nSPS) is 10.8. The maximum Gasteiger partial charge on any atom is 0.0417 e. The summed E-state index contributed by atoms with van der Waals surface area (Å²) in [6.45, 7) is 2.26. The van der Waals surface area contributed by atoms with E-state index in [1.807, 2.05) is 7.05 Å². The predicted octanol–water partition coefficient (Wildman–Crippen LogP) is 5.00. The summed E-state index contributed by atoms with van der Waals surface area (Å²) in [5, 5.41) is 5.93. The first kappa shape index (κ1) is 12.9. The van der Waals surface area contributed by atoms with Gasteiger partial charge in [0.2, 0.25) is 0 Å². The summed E-state index contributed by atoms with van der Waals surface area (Å²) in [7, 11) is 1.99. The molecule has 0 bridgehead atoms. The molecule has 1 heteroatoms. The fourth-order valence-electron chi connectivity index (χ4n) is 2.45. The molecule has 2 aromatic carbocycles. The molecule has 0 heterocycles. The molecule has 96 valence electrons. The van der Waals surface area contributed by atoms with E-state index in [1.165, 1.54) is 54.1 Å². The smallest absolute Gasteiger partial charge is 0.0417 e. The summed E-state index contributed by atoms with van der Waals surface area (Å²) in [6.07, 6.45) is 6.52. The lowest BCUT2D eigenvalue weighted by atomic mass is 10.0. The summed E-state index contributed by atoms with van der Waals surface area (Å²) < 4.78 is 0. The molecule has 0 saturated carbocycles. The van der Waals surface area contributed by atoms with Gasteiger partial charge in [0.25, 0.3) is 0 Å². The van der Waals surface area contributed by atoms with Gasteiger partial charge < -0.3 is 5.32 Å². The second kappa shape index (κ2) is 6.44. The van der Waals surface area contributed by atoms with Crippen LogP contribution in [-0.2, 0) is 6.42 Å². The zero-order chi connectivity index (χ0) is 12.8. The molecule has 0 aliphatic carbocycles. The first-order chi connectivity index (χ1) is 8.85. The van der Waals surface area contributed by atoms with Crippen molar-refractivity contribution in [2.24, 2.45) is 0 Å². The lowest BCUT2D eigenvalue weighted by Gasteiger charge is -2.08. The SMILES string of the molecule is CCCCCCc1ccc2cccc(NC)c2c1. The van der Waals surface area contributed by atoms with E-state index in [0.29, 0.717) is 0 Å². The fraction of sp³-hybridized carbons (Fsp3) is 0.412. The van der Waals surface area contributed by atoms with Crippen molar-refractivity contribution in [2.45, 2.75) is 39.0 Å². The van der Waals surface area contributed by atoms with Gasteiger partial charge in [0.15, 0.2) is 0 Å². The third-order valence-corrected chi connectivity index (χ3v) is 3.53. The molecule has 0 fully saturated rings. The minimum absolute atomic E-state index is 1.20. The number of nitrogens with one attached hydrogen (secondary N) is 1. The van der Waals surface area contributed by atoms with Crippen LogP contribution in [0.2, 0.25) is 0 Å². The van der Waals surface area contributed by atoms with E-state index in [-0.39, 0.29) is 0 Å². The Morgan fingerprint density at radius 2 is 1.89 bits per heavy atom. The van der Waals surface area contributed by atoms with E-state index in [9.17, 15) is 0 Å². The topological polar surface area (TPSA) is 12.0 Å². The first-order valence-electron chi connectivity index (χ1n) is 7.04. The Labute approximate surface area is 110 Å². The van der Waals surface area contributed by atoms with E-state index in [1.54, 1.807) is 0 Å². The van der Waals surface area contributed by atoms with Crippen molar-refractivity contribution < 1.29 is 0 Å². The van der Waals surface area contributed by atoms with Gasteiger partial charge in [0, 0.05) is 18.1 Å². The summed E-state index contributed by atoms with van der Waals surface area (Å²) >= 11 is 0. The van der Waals surface area contributed by atoms with Crippen LogP contribution in [0.4, 0.5) is 5.69 Å². The highest BCUT2D eigenvalue weighted by atomic mass is 14.8. The predicted molar refractivity (Wildman–Crippen MR) is 81.3 cm³/mol. The molecule has 1 N–H and O–H groups in total. The minimum atomic E-state index is 1.20. The zero-order valence-corrected chi connectivity index (χ0v) is 11.5. The number of rotatable bonds is 6. The van der Waals surface area contributed by atoms with Crippen molar-refractivity contribution in [1.29, 1.82) is 0 Å². The van der Waals surface area contributed by atoms with Gasteiger partial charge in [0.05, 0.1) is 0 Å². The van der Waals surface area contributed by atoms with Crippen LogP contribution in [0.1, 0.15) is 38.2 Å². The highest BCUT2D eigenvalue weighted by Gasteiger charge is 2.01. The summed E-state index contributed by atoms with van der Waals surface area (Å²) in [5.41, 5.74) is 2.68. The van der Waals surface area contributed by atoms with Gasteiger partial charge in [0.1, 0.15) is 0 Å². The van der Waals surface area contributed by atoms with Gasteiger partial charge >= 0.3 is 0 Å². The van der Waals surface area contributed by atoms with Crippen molar-refractivity contribution in [3.05, 3.63) is 42.0 Å². The Kier molecular flexibility index (Phi) is 4.63. The maximum absolute atomic E-state index is 3.27. The van der Waals surface area contributed by atoms with Gasteiger partial charge in [-0.15, -0.1) is 0 Å². The number of fused-ring (bicyclic) bond motifs is 1. The molecule has 0 aromatic heterocycles. The molecule has 0 amide bonds. The monoisotopic (exact) mass is 241 g/mol. The fourth-order valence-corrected chi connectivity index (χ4v) is 2.45. The largest absolute Gasteiger partial charge is 0.388 e. The summed E-state index contributed by atoms with van der Waals surface area (Å²) in [6, 6.07) is 13.3. The quantitative estimate of drug-likeness (QED) is 0.701. The van der Waals surface area contributed by atoms with Crippen LogP contribution in [0.15, 0.2) is 36.4 Å². The maximum atomic E-state index is 3.27. The van der Waals surface area contributed by atoms with Gasteiger partial charge in [-0.3, -0.25) is 0 Å². The third-order valence-electron chi connectivity index (χ3n) is 3.53. The van der Waals surface area contributed by atoms with Crippen LogP contribution in [-0.4, -0.2) is 7.05 Å². The molecule has 0 spiro atoms. The van der Waals surface area contributed by atoms with Crippen LogP contribution < -0.4 is 5.32 Å². The molecule has 0 unspecified atom stereocenters. The van der Waals surface area contributed by atoms with Crippen molar-refractivity contribution in [1.82, 2.24) is 0 Å². The Bertz CT molecular complexity index is 502. The lowest BCUT2D eigenvalue weighted by molar-refractivity contribution is 0.667. The molecule has 2 aromatic rings. The molecule has 18 heavy (non-hydrogen) atoms. The highest BCUT2D eigenvalue weighted by molar-refractivity contribution is 5.94. The summed E-state index contributed by atoms with van der Waals surface area (Å²) in [4.78, 5) is 0. The Balaban J connectivity index is 2.15. The molecule has 0 radical (unpaired) electrons. The summed E-state index contributed by atoms with van der Waals surface area (Å²) in [5.74, 6) is 0. The van der Waals surface area contributed by atoms with Crippen LogP contribution in [0, 0.1) is 0 Å². The zero-order valence-electron chi connectivity index (χ0n) is 11.5. The van der Waals surface area contributed by atoms with Crippen LogP contribution >= 0.6 is 0 Å². The van der Waals surface area contributed by atoms with Gasteiger partial charge in [-0.05, 0) is 35.9 Å². The molecule has 0 aliphatic rings. The van der Waals surface area contributed by atoms with Crippen molar-refractivity contribution >= 4 is 16.5 Å². The average Bonchev–Trinajstić information content (AvgIpc) is 2.43. The van der Waals surface area contributed by atoms with Crippen LogP contribution in [0.25, 0.3) is 10.8 Å². The number of hydrogen-bond donors (Lipinski definition) is 1. The van der Waals surface area contributed by atoms with Gasteiger partial charge in [-0.25, -0.2) is 0 Å². The second-order valence-electron chi connectivity index (χ2n) is 4.92. The molecular formula is C17H23N. The van der Waals surface area contributed by atoms with Crippen LogP contribution in [0.5, 0.6) is 0 Å². The van der Waals surface area contributed by atoms with E-state index < -0.39 is 0 Å². The van der Waals surface area contributed by atoms with Crippen molar-refractivity contribution in [3.63, 3.8) is 0 Å². The lowest BCUT2D eigenvalue weighted by Crippen LogP contribution is -1.91.